The van der Waals surface area contributed by atoms with Crippen LogP contribution in [0.15, 0.2) is 24.3 Å². The largest absolute Gasteiger partial charge is 0.341 e. The first-order valence-electron chi connectivity index (χ1n) is 6.86. The van der Waals surface area contributed by atoms with Gasteiger partial charge in [0, 0.05) is 30.6 Å². The number of hydrogen-bond acceptors (Lipinski definition) is 2. The van der Waals surface area contributed by atoms with Gasteiger partial charge in [0.25, 0.3) is 0 Å². The zero-order chi connectivity index (χ0) is 13.8. The summed E-state index contributed by atoms with van der Waals surface area (Å²) in [7, 11) is 0. The number of nitrogens with two attached hydrogens (primary N) is 1. The minimum Gasteiger partial charge on any atom is -0.341 e. The van der Waals surface area contributed by atoms with Crippen LogP contribution in [0, 0.1) is 5.92 Å². The highest BCUT2D eigenvalue weighted by Crippen LogP contribution is 2.22. The van der Waals surface area contributed by atoms with Gasteiger partial charge in [0.15, 0.2) is 0 Å². The van der Waals surface area contributed by atoms with Gasteiger partial charge in [-0.05, 0) is 36.5 Å². The van der Waals surface area contributed by atoms with E-state index in [9.17, 15) is 4.79 Å². The van der Waals surface area contributed by atoms with Crippen molar-refractivity contribution in [2.45, 2.75) is 32.2 Å². The molecule has 1 aliphatic rings. The van der Waals surface area contributed by atoms with Crippen molar-refractivity contribution in [3.8, 4) is 0 Å². The summed E-state index contributed by atoms with van der Waals surface area (Å²) in [5, 5.41) is 0.763. The summed E-state index contributed by atoms with van der Waals surface area (Å²) in [5.41, 5.74) is 7.29. The molecule has 104 valence electrons. The lowest BCUT2D eigenvalue weighted by Gasteiger charge is -2.36. The van der Waals surface area contributed by atoms with Crippen LogP contribution in [0.1, 0.15) is 25.3 Å². The van der Waals surface area contributed by atoms with E-state index in [1.165, 1.54) is 5.56 Å². The van der Waals surface area contributed by atoms with Crippen LogP contribution in [0.25, 0.3) is 0 Å². The molecule has 0 aliphatic carbocycles. The SMILES string of the molecule is CCC(=O)N1CC(N)CC(Cc2cccc(Cl)c2)C1. The minimum atomic E-state index is 0.0911. The van der Waals surface area contributed by atoms with Crippen LogP contribution in [0.5, 0.6) is 0 Å². The normalized spacial score (nSPS) is 23.4. The lowest BCUT2D eigenvalue weighted by molar-refractivity contribution is -0.133. The maximum Gasteiger partial charge on any atom is 0.222 e. The van der Waals surface area contributed by atoms with Crippen molar-refractivity contribution in [3.05, 3.63) is 34.9 Å². The molecule has 2 unspecified atom stereocenters. The highest BCUT2D eigenvalue weighted by Gasteiger charge is 2.27. The van der Waals surface area contributed by atoms with E-state index in [0.717, 1.165) is 24.4 Å². The molecule has 1 aromatic rings. The molecule has 2 rings (SSSR count). The topological polar surface area (TPSA) is 46.3 Å². The fraction of sp³-hybridized carbons (Fsp3) is 0.533. The molecule has 0 radical (unpaired) electrons. The number of benzene rings is 1. The van der Waals surface area contributed by atoms with Gasteiger partial charge in [-0.25, -0.2) is 0 Å². The average molecular weight is 281 g/mol. The summed E-state index contributed by atoms with van der Waals surface area (Å²) in [6, 6.07) is 8.01. The standard InChI is InChI=1S/C15H21ClN2O/c1-2-15(19)18-9-12(8-14(17)10-18)6-11-4-3-5-13(16)7-11/h3-5,7,12,14H,2,6,8-10,17H2,1H3. The van der Waals surface area contributed by atoms with Crippen molar-refractivity contribution in [2.24, 2.45) is 11.7 Å². The van der Waals surface area contributed by atoms with Gasteiger partial charge < -0.3 is 10.6 Å². The molecule has 1 heterocycles. The van der Waals surface area contributed by atoms with Gasteiger partial charge >= 0.3 is 0 Å². The summed E-state index contributed by atoms with van der Waals surface area (Å²) in [4.78, 5) is 13.7. The molecule has 1 fully saturated rings. The molecule has 2 N–H and O–H groups in total. The number of rotatable bonds is 3. The maximum absolute atomic E-state index is 11.8. The first kappa shape index (κ1) is 14.4. The Morgan fingerprint density at radius 2 is 2.26 bits per heavy atom. The van der Waals surface area contributed by atoms with Crippen LogP contribution < -0.4 is 5.73 Å². The highest BCUT2D eigenvalue weighted by molar-refractivity contribution is 6.30. The lowest BCUT2D eigenvalue weighted by atomic mass is 9.89. The molecule has 0 bridgehead atoms. The maximum atomic E-state index is 11.8. The van der Waals surface area contributed by atoms with Gasteiger partial charge in [0.2, 0.25) is 5.91 Å². The second-order valence-corrected chi connectivity index (χ2v) is 5.78. The zero-order valence-electron chi connectivity index (χ0n) is 11.3. The predicted molar refractivity (Wildman–Crippen MR) is 78.1 cm³/mol. The number of piperidine rings is 1. The molecule has 0 spiro atoms. The summed E-state index contributed by atoms with van der Waals surface area (Å²) in [6.07, 6.45) is 2.46. The quantitative estimate of drug-likeness (QED) is 0.924. The second-order valence-electron chi connectivity index (χ2n) is 5.35. The number of likely N-dealkylation sites (tertiary alicyclic amines) is 1. The minimum absolute atomic E-state index is 0.0911. The highest BCUT2D eigenvalue weighted by atomic mass is 35.5. The van der Waals surface area contributed by atoms with Crippen LogP contribution in [0.2, 0.25) is 5.02 Å². The van der Waals surface area contributed by atoms with Crippen molar-refractivity contribution in [1.29, 1.82) is 0 Å². The Kier molecular flexibility index (Phi) is 4.83. The number of halogens is 1. The van der Waals surface area contributed by atoms with Crippen LogP contribution in [-0.4, -0.2) is 29.9 Å². The van der Waals surface area contributed by atoms with Crippen molar-refractivity contribution < 1.29 is 4.79 Å². The molecular formula is C15H21ClN2O. The fourth-order valence-corrected chi connectivity index (χ4v) is 3.03. The Morgan fingerprint density at radius 1 is 1.47 bits per heavy atom. The smallest absolute Gasteiger partial charge is 0.222 e. The van der Waals surface area contributed by atoms with Gasteiger partial charge in [-0.15, -0.1) is 0 Å². The lowest BCUT2D eigenvalue weighted by Crippen LogP contribution is -2.49. The van der Waals surface area contributed by atoms with Crippen molar-refractivity contribution in [1.82, 2.24) is 4.90 Å². The summed E-state index contributed by atoms with van der Waals surface area (Å²) >= 11 is 6.00. The molecule has 0 saturated carbocycles. The number of amides is 1. The van der Waals surface area contributed by atoms with Crippen LogP contribution in [0.3, 0.4) is 0 Å². The van der Waals surface area contributed by atoms with Crippen LogP contribution in [-0.2, 0) is 11.2 Å². The van der Waals surface area contributed by atoms with E-state index in [0.29, 0.717) is 18.9 Å². The molecule has 1 amide bonds. The molecule has 4 heteroatoms. The van der Waals surface area contributed by atoms with Crippen molar-refractivity contribution in [3.63, 3.8) is 0 Å². The van der Waals surface area contributed by atoms with E-state index in [4.69, 9.17) is 17.3 Å². The van der Waals surface area contributed by atoms with Crippen LogP contribution in [0.4, 0.5) is 0 Å². The molecule has 1 aliphatic heterocycles. The molecule has 19 heavy (non-hydrogen) atoms. The predicted octanol–water partition coefficient (Wildman–Crippen LogP) is 2.47. The average Bonchev–Trinajstić information content (AvgIpc) is 2.37. The third-order valence-corrected chi connectivity index (χ3v) is 3.87. The van der Waals surface area contributed by atoms with E-state index in [2.05, 4.69) is 6.07 Å². The van der Waals surface area contributed by atoms with Crippen molar-refractivity contribution in [2.75, 3.05) is 13.1 Å². The van der Waals surface area contributed by atoms with E-state index in [-0.39, 0.29) is 11.9 Å². The number of carbonyl (C=O) groups is 1. The van der Waals surface area contributed by atoms with E-state index >= 15 is 0 Å². The number of nitrogens with zero attached hydrogens (tertiary/aromatic N) is 1. The first-order valence-corrected chi connectivity index (χ1v) is 7.24. The summed E-state index contributed by atoms with van der Waals surface area (Å²) in [5.74, 6) is 0.629. The third-order valence-electron chi connectivity index (χ3n) is 3.64. The first-order chi connectivity index (χ1) is 9.08. The van der Waals surface area contributed by atoms with Gasteiger partial charge in [0.05, 0.1) is 0 Å². The van der Waals surface area contributed by atoms with E-state index in [1.807, 2.05) is 30.0 Å². The summed E-state index contributed by atoms with van der Waals surface area (Å²) < 4.78 is 0. The van der Waals surface area contributed by atoms with Gasteiger partial charge in [-0.1, -0.05) is 30.7 Å². The van der Waals surface area contributed by atoms with E-state index in [1.54, 1.807) is 0 Å². The Morgan fingerprint density at radius 3 is 2.95 bits per heavy atom. The van der Waals surface area contributed by atoms with E-state index < -0.39 is 0 Å². The van der Waals surface area contributed by atoms with Gasteiger partial charge in [0.1, 0.15) is 0 Å². The fourth-order valence-electron chi connectivity index (χ4n) is 2.82. The number of hydrogen-bond donors (Lipinski definition) is 1. The Bertz CT molecular complexity index is 450. The van der Waals surface area contributed by atoms with Gasteiger partial charge in [-0.3, -0.25) is 4.79 Å². The molecule has 0 aromatic heterocycles. The molecule has 2 atom stereocenters. The molecule has 1 saturated heterocycles. The van der Waals surface area contributed by atoms with Gasteiger partial charge in [-0.2, -0.15) is 0 Å². The summed E-state index contributed by atoms with van der Waals surface area (Å²) in [6.45, 7) is 3.40. The Hall–Kier alpha value is -1.06. The zero-order valence-corrected chi connectivity index (χ0v) is 12.1. The Balaban J connectivity index is 2.01. The third kappa shape index (κ3) is 3.95. The number of carbonyl (C=O) groups excluding carboxylic acids is 1. The monoisotopic (exact) mass is 280 g/mol. The van der Waals surface area contributed by atoms with Crippen LogP contribution >= 0.6 is 11.6 Å². The molecule has 3 nitrogen and oxygen atoms in total. The Labute approximate surface area is 119 Å². The molecule has 1 aromatic carbocycles. The molecular weight excluding hydrogens is 260 g/mol. The second kappa shape index (κ2) is 6.40. The van der Waals surface area contributed by atoms with Crippen molar-refractivity contribution >= 4 is 17.5 Å².